The van der Waals surface area contributed by atoms with E-state index in [-0.39, 0.29) is 0 Å². The van der Waals surface area contributed by atoms with Crippen molar-refractivity contribution in [2.45, 2.75) is 83.1 Å². The molecule has 198 valence electrons. The van der Waals surface area contributed by atoms with Crippen molar-refractivity contribution in [3.8, 4) is 11.5 Å². The lowest BCUT2D eigenvalue weighted by molar-refractivity contribution is -0.548. The van der Waals surface area contributed by atoms with Crippen LogP contribution in [0.15, 0.2) is 10.2 Å². The number of rotatable bonds is 2. The van der Waals surface area contributed by atoms with Crippen LogP contribution in [0.5, 0.6) is 11.5 Å². The number of ether oxygens (including phenoxy) is 2. The van der Waals surface area contributed by atoms with Crippen molar-refractivity contribution >= 4 is 22.7 Å². The van der Waals surface area contributed by atoms with Crippen LogP contribution >= 0.6 is 0 Å². The minimum atomic E-state index is 0.386. The Morgan fingerprint density at radius 3 is 1.00 bits per heavy atom. The van der Waals surface area contributed by atoms with Crippen LogP contribution in [0, 0.1) is 83.1 Å². The molecule has 0 fully saturated rings. The molecule has 0 unspecified atom stereocenters. The number of benzene rings is 3. The van der Waals surface area contributed by atoms with E-state index >= 15 is 0 Å². The third-order valence-electron chi connectivity index (χ3n) is 9.36. The molecule has 0 aromatic heterocycles. The Morgan fingerprint density at radius 2 is 0.684 bits per heavy atom. The molecule has 6 heteroatoms. The van der Waals surface area contributed by atoms with Crippen LogP contribution in [0.1, 0.15) is 66.8 Å². The van der Waals surface area contributed by atoms with E-state index in [4.69, 9.17) is 19.7 Å². The Morgan fingerprint density at radius 1 is 0.395 bits per heavy atom. The maximum absolute atomic E-state index is 6.34. The van der Waals surface area contributed by atoms with Gasteiger partial charge < -0.3 is 9.47 Å². The first-order valence-corrected chi connectivity index (χ1v) is 13.4. The summed E-state index contributed by atoms with van der Waals surface area (Å²) in [7, 11) is 0. The summed E-state index contributed by atoms with van der Waals surface area (Å²) in [4.78, 5) is 0. The van der Waals surface area contributed by atoms with Gasteiger partial charge in [-0.2, -0.15) is 0 Å². The third kappa shape index (κ3) is 3.60. The predicted octanol–water partition coefficient (Wildman–Crippen LogP) is 8.94. The molecule has 0 amide bonds. The minimum absolute atomic E-state index is 0.386. The van der Waals surface area contributed by atoms with E-state index in [1.807, 2.05) is 9.39 Å². The van der Waals surface area contributed by atoms with Crippen molar-refractivity contribution in [3.05, 3.63) is 66.8 Å². The second-order valence-electron chi connectivity index (χ2n) is 11.1. The van der Waals surface area contributed by atoms with Crippen molar-refractivity contribution in [2.75, 3.05) is 13.5 Å². The summed E-state index contributed by atoms with van der Waals surface area (Å²) >= 11 is 0. The molecule has 0 radical (unpaired) electrons. The van der Waals surface area contributed by atoms with Gasteiger partial charge in [-0.1, -0.05) is 0 Å². The van der Waals surface area contributed by atoms with Gasteiger partial charge in [-0.05, 0) is 137 Å². The van der Waals surface area contributed by atoms with Gasteiger partial charge in [-0.3, -0.25) is 0 Å². The minimum Gasteiger partial charge on any atom is -0.431 e. The first-order chi connectivity index (χ1) is 17.9. The lowest BCUT2D eigenvalue weighted by Gasteiger charge is -2.22. The number of azo groups is 4. The Hall–Kier alpha value is -3.54. The molecule has 6 nitrogen and oxygen atoms in total. The van der Waals surface area contributed by atoms with Crippen molar-refractivity contribution < 1.29 is 18.9 Å². The fraction of sp³-hybridized carbons (Fsp3) is 0.438. The average Bonchev–Trinajstić information content (AvgIpc) is 2.91. The van der Waals surface area contributed by atoms with Crippen LogP contribution in [-0.2, 0) is 0 Å². The summed E-state index contributed by atoms with van der Waals surface area (Å²) < 4.78 is 16.7. The van der Waals surface area contributed by atoms with Crippen molar-refractivity contribution in [3.63, 3.8) is 0 Å². The van der Waals surface area contributed by atoms with Crippen molar-refractivity contribution in [1.82, 2.24) is 0 Å². The van der Waals surface area contributed by atoms with Crippen LogP contribution < -0.4 is 9.47 Å². The SMILES string of the molecule is Cc1c(C)c(C)c2c(c1C)N=[N+](c1c(C)c(C)c([N+]3=Nc4c(C)c(C)c(C)c(C)c4OC3)c(C)c1C)CO2. The maximum Gasteiger partial charge on any atom is 0.317 e. The van der Waals surface area contributed by atoms with E-state index in [1.165, 1.54) is 66.8 Å². The van der Waals surface area contributed by atoms with Crippen LogP contribution in [0.4, 0.5) is 22.7 Å². The van der Waals surface area contributed by atoms with Gasteiger partial charge in [0.2, 0.25) is 11.4 Å². The number of hydrogen-bond acceptors (Lipinski definition) is 4. The second-order valence-corrected chi connectivity index (χ2v) is 11.1. The van der Waals surface area contributed by atoms with E-state index in [0.717, 1.165) is 34.2 Å². The maximum atomic E-state index is 6.34. The molecule has 0 atom stereocenters. The van der Waals surface area contributed by atoms with E-state index in [1.54, 1.807) is 0 Å². The summed E-state index contributed by atoms with van der Waals surface area (Å²) in [6.45, 7) is 26.6. The van der Waals surface area contributed by atoms with Gasteiger partial charge in [0.25, 0.3) is 0 Å². The average molecular weight is 513 g/mol. The molecular weight excluding hydrogens is 472 g/mol. The van der Waals surface area contributed by atoms with Gasteiger partial charge >= 0.3 is 13.5 Å². The summed E-state index contributed by atoms with van der Waals surface area (Å²) in [6, 6.07) is 0. The zero-order valence-electron chi connectivity index (χ0n) is 25.0. The molecule has 3 aromatic rings. The molecule has 0 bridgehead atoms. The highest BCUT2D eigenvalue weighted by atomic mass is 16.5. The molecule has 5 rings (SSSR count). The smallest absolute Gasteiger partial charge is 0.317 e. The number of fused-ring (bicyclic) bond motifs is 2. The predicted molar refractivity (Wildman–Crippen MR) is 151 cm³/mol. The van der Waals surface area contributed by atoms with Gasteiger partial charge in [0.15, 0.2) is 22.9 Å². The van der Waals surface area contributed by atoms with E-state index in [2.05, 4.69) is 83.1 Å². The molecule has 0 N–H and O–H groups in total. The monoisotopic (exact) mass is 512 g/mol. The summed E-state index contributed by atoms with van der Waals surface area (Å²) in [5.41, 5.74) is 18.5. The first-order valence-electron chi connectivity index (χ1n) is 13.4. The highest BCUT2D eigenvalue weighted by Crippen LogP contribution is 2.46. The van der Waals surface area contributed by atoms with Crippen LogP contribution in [0.2, 0.25) is 0 Å². The van der Waals surface area contributed by atoms with Crippen LogP contribution in [0.3, 0.4) is 0 Å². The second kappa shape index (κ2) is 9.04. The Labute approximate surface area is 226 Å². The molecule has 0 aliphatic carbocycles. The standard InChI is InChI=1S/C32H40N4O2/c1-15-17(3)25(11)31-27(19(15)5)33-35(13-37-31)29-21(7)23(9)30(24(10)22(29)8)36-14-38-32-26(12)18(4)16(2)20(6)28(32)34-36/h13-14H2,1-12H3/q+2. The third-order valence-corrected chi connectivity index (χ3v) is 9.36. The molecule has 0 spiro atoms. The lowest BCUT2D eigenvalue weighted by Crippen LogP contribution is -2.21. The zero-order valence-corrected chi connectivity index (χ0v) is 25.0. The van der Waals surface area contributed by atoms with Gasteiger partial charge in [0.1, 0.15) is 0 Å². The highest BCUT2D eigenvalue weighted by molar-refractivity contribution is 5.68. The Kier molecular flexibility index (Phi) is 6.20. The van der Waals surface area contributed by atoms with E-state index in [0.29, 0.717) is 13.5 Å². The molecule has 0 saturated heterocycles. The van der Waals surface area contributed by atoms with Gasteiger partial charge in [-0.25, -0.2) is 0 Å². The molecule has 38 heavy (non-hydrogen) atoms. The van der Waals surface area contributed by atoms with E-state index < -0.39 is 0 Å². The lowest BCUT2D eigenvalue weighted by atomic mass is 9.95. The Bertz CT molecular complexity index is 1480. The Balaban J connectivity index is 1.68. The molecule has 0 saturated carbocycles. The molecule has 3 aromatic carbocycles. The van der Waals surface area contributed by atoms with Crippen LogP contribution in [0.25, 0.3) is 0 Å². The normalized spacial score (nSPS) is 14.3. The topological polar surface area (TPSA) is 49.2 Å². The molecule has 2 heterocycles. The molecule has 2 aliphatic rings. The summed E-state index contributed by atoms with van der Waals surface area (Å²) in [6.07, 6.45) is 0. The highest BCUT2D eigenvalue weighted by Gasteiger charge is 2.35. The molecule has 2 aliphatic heterocycles. The van der Waals surface area contributed by atoms with Crippen LogP contribution in [-0.4, -0.2) is 22.9 Å². The summed E-state index contributed by atoms with van der Waals surface area (Å²) in [5, 5.41) is 10.3. The first kappa shape index (κ1) is 26.1. The van der Waals surface area contributed by atoms with Gasteiger partial charge in [0.05, 0.1) is 0 Å². The molecular formula is C32H40N4O2+2. The van der Waals surface area contributed by atoms with E-state index in [9.17, 15) is 0 Å². The number of nitrogens with zero attached hydrogens (tertiary/aromatic N) is 4. The fourth-order valence-corrected chi connectivity index (χ4v) is 5.94. The van der Waals surface area contributed by atoms with Gasteiger partial charge in [-0.15, -0.1) is 0 Å². The number of hydrogen-bond donors (Lipinski definition) is 0. The largest absolute Gasteiger partial charge is 0.431 e. The van der Waals surface area contributed by atoms with Gasteiger partial charge in [0, 0.05) is 32.5 Å². The van der Waals surface area contributed by atoms with Crippen molar-refractivity contribution in [1.29, 1.82) is 0 Å². The van der Waals surface area contributed by atoms with Crippen molar-refractivity contribution in [2.24, 2.45) is 10.2 Å². The fourth-order valence-electron chi connectivity index (χ4n) is 5.94. The quantitative estimate of drug-likeness (QED) is 0.322. The zero-order chi connectivity index (χ0) is 27.8. The summed E-state index contributed by atoms with van der Waals surface area (Å²) in [5.74, 6) is 1.81.